The molecule has 7 nitrogen and oxygen atoms in total. The lowest BCUT2D eigenvalue weighted by Crippen LogP contribution is -2.13. The second kappa shape index (κ2) is 7.58. The Morgan fingerprint density at radius 3 is 2.28 bits per heavy atom. The number of ether oxygens (including phenoxy) is 1. The molecular weight excluding hydrogens is 337 g/mol. The number of nitrogens with two attached hydrogens (primary N) is 1. The van der Waals surface area contributed by atoms with Crippen LogP contribution in [0.2, 0.25) is 0 Å². The van der Waals surface area contributed by atoms with Crippen molar-refractivity contribution in [3.8, 4) is 5.75 Å². The number of aromatic nitrogens is 4. The molecule has 25 heavy (non-hydrogen) atoms. The summed E-state index contributed by atoms with van der Waals surface area (Å²) in [6, 6.07) is 0. The molecule has 2 aromatic rings. The van der Waals surface area contributed by atoms with Crippen molar-refractivity contribution in [2.45, 2.75) is 38.8 Å². The fourth-order valence-corrected chi connectivity index (χ4v) is 2.05. The van der Waals surface area contributed by atoms with Gasteiger partial charge in [0.05, 0.1) is 7.11 Å². The maximum absolute atomic E-state index is 12.6. The molecule has 3 rings (SSSR count). The van der Waals surface area contributed by atoms with E-state index >= 15 is 0 Å². The van der Waals surface area contributed by atoms with Gasteiger partial charge in [0.2, 0.25) is 5.95 Å². The molecule has 0 bridgehead atoms. The second-order valence-electron chi connectivity index (χ2n) is 5.62. The highest BCUT2D eigenvalue weighted by Crippen LogP contribution is 2.33. The number of aryl methyl sites for hydroxylation is 2. The van der Waals surface area contributed by atoms with Gasteiger partial charge in [-0.25, -0.2) is 9.67 Å². The van der Waals surface area contributed by atoms with Gasteiger partial charge in [0, 0.05) is 13.2 Å². The van der Waals surface area contributed by atoms with Crippen LogP contribution in [0.1, 0.15) is 36.9 Å². The SMILES string of the molecule is C1CCC1.COc1c(C)nn(C)c1Nc1ncc(C(F)(F)F)c(N)n1. The number of methoxy groups -OCH3 is 1. The first-order valence-corrected chi connectivity index (χ1v) is 7.78. The highest BCUT2D eigenvalue weighted by Gasteiger charge is 2.34. The van der Waals surface area contributed by atoms with Crippen LogP contribution < -0.4 is 15.8 Å². The van der Waals surface area contributed by atoms with Crippen LogP contribution >= 0.6 is 0 Å². The number of nitrogen functional groups attached to an aromatic ring is 1. The highest BCUT2D eigenvalue weighted by atomic mass is 19.4. The first kappa shape index (κ1) is 18.8. The number of rotatable bonds is 3. The minimum atomic E-state index is -4.59. The van der Waals surface area contributed by atoms with E-state index in [4.69, 9.17) is 10.5 Å². The number of hydrogen-bond donors (Lipinski definition) is 2. The summed E-state index contributed by atoms with van der Waals surface area (Å²) in [7, 11) is 3.10. The molecule has 0 aliphatic heterocycles. The van der Waals surface area contributed by atoms with Crippen LogP contribution in [-0.4, -0.2) is 26.9 Å². The Hall–Kier alpha value is -2.52. The number of nitrogens with one attached hydrogen (secondary N) is 1. The molecule has 2 heterocycles. The van der Waals surface area contributed by atoms with E-state index in [2.05, 4.69) is 20.4 Å². The molecular formula is C15H21F3N6O. The van der Waals surface area contributed by atoms with Crippen LogP contribution in [0.3, 0.4) is 0 Å². The zero-order chi connectivity index (χ0) is 18.6. The van der Waals surface area contributed by atoms with Crippen molar-refractivity contribution >= 4 is 17.6 Å². The van der Waals surface area contributed by atoms with Crippen LogP contribution in [-0.2, 0) is 13.2 Å². The fraction of sp³-hybridized carbons (Fsp3) is 0.533. The third kappa shape index (κ3) is 4.52. The van der Waals surface area contributed by atoms with Crippen LogP contribution in [0.15, 0.2) is 6.20 Å². The number of hydrogen-bond acceptors (Lipinski definition) is 6. The molecule has 1 aliphatic rings. The number of anilines is 3. The van der Waals surface area contributed by atoms with Crippen molar-refractivity contribution < 1.29 is 17.9 Å². The Morgan fingerprint density at radius 1 is 1.24 bits per heavy atom. The van der Waals surface area contributed by atoms with E-state index in [1.54, 1.807) is 14.0 Å². The Bertz CT molecular complexity index is 721. The number of alkyl halides is 3. The smallest absolute Gasteiger partial charge is 0.421 e. The molecule has 0 atom stereocenters. The monoisotopic (exact) mass is 358 g/mol. The summed E-state index contributed by atoms with van der Waals surface area (Å²) in [5, 5.41) is 6.86. The summed E-state index contributed by atoms with van der Waals surface area (Å²) in [6.07, 6.45) is 2.03. The quantitative estimate of drug-likeness (QED) is 0.873. The molecule has 3 N–H and O–H groups in total. The average molecular weight is 358 g/mol. The third-order valence-electron chi connectivity index (χ3n) is 3.73. The Labute approximate surface area is 143 Å². The van der Waals surface area contributed by atoms with Crippen LogP contribution in [0.4, 0.5) is 30.8 Å². The summed E-state index contributed by atoms with van der Waals surface area (Å²) in [6.45, 7) is 1.73. The van der Waals surface area contributed by atoms with Crippen molar-refractivity contribution in [1.82, 2.24) is 19.7 Å². The summed E-state index contributed by atoms with van der Waals surface area (Å²) >= 11 is 0. The molecule has 1 saturated carbocycles. The third-order valence-corrected chi connectivity index (χ3v) is 3.73. The van der Waals surface area contributed by atoms with Gasteiger partial charge in [0.15, 0.2) is 11.6 Å². The predicted molar refractivity (Wildman–Crippen MR) is 87.7 cm³/mol. The van der Waals surface area contributed by atoms with Gasteiger partial charge in [-0.1, -0.05) is 25.7 Å². The van der Waals surface area contributed by atoms with Gasteiger partial charge in [0.1, 0.15) is 17.1 Å². The first-order valence-electron chi connectivity index (χ1n) is 7.78. The van der Waals surface area contributed by atoms with E-state index in [0.717, 1.165) is 0 Å². The van der Waals surface area contributed by atoms with Gasteiger partial charge in [-0.05, 0) is 6.92 Å². The lowest BCUT2D eigenvalue weighted by atomic mass is 10.0. The van der Waals surface area contributed by atoms with Crippen LogP contribution in [0.25, 0.3) is 0 Å². The molecule has 10 heteroatoms. The van der Waals surface area contributed by atoms with E-state index in [1.807, 2.05) is 0 Å². The maximum atomic E-state index is 12.6. The molecule has 1 fully saturated rings. The zero-order valence-electron chi connectivity index (χ0n) is 14.3. The minimum Gasteiger partial charge on any atom is -0.491 e. The normalized spacial score (nSPS) is 13.5. The molecule has 0 spiro atoms. The van der Waals surface area contributed by atoms with Gasteiger partial charge >= 0.3 is 6.18 Å². The van der Waals surface area contributed by atoms with Crippen molar-refractivity contribution in [3.05, 3.63) is 17.5 Å². The highest BCUT2D eigenvalue weighted by molar-refractivity contribution is 5.61. The second-order valence-corrected chi connectivity index (χ2v) is 5.62. The van der Waals surface area contributed by atoms with Crippen molar-refractivity contribution in [1.29, 1.82) is 0 Å². The lowest BCUT2D eigenvalue weighted by Gasteiger charge is -2.11. The maximum Gasteiger partial charge on any atom is 0.421 e. The standard InChI is InChI=1S/C11H13F3N6O.C4H8/c1-5-7(21-3)9(20(2)19-5)18-10-16-4-6(8(15)17-10)11(12,13)14;1-2-4-3-1/h4H,1-3H3,(H3,15,16,17,18);1-4H2. The Balaban J connectivity index is 0.000000493. The summed E-state index contributed by atoms with van der Waals surface area (Å²) in [5.74, 6) is 0.119. The molecule has 0 aromatic carbocycles. The topological polar surface area (TPSA) is 90.9 Å². The Morgan fingerprint density at radius 2 is 1.84 bits per heavy atom. The zero-order valence-corrected chi connectivity index (χ0v) is 14.3. The number of halogens is 3. The minimum absolute atomic E-state index is 0.0817. The van der Waals surface area contributed by atoms with Crippen LogP contribution in [0.5, 0.6) is 5.75 Å². The summed E-state index contributed by atoms with van der Waals surface area (Å²) < 4.78 is 44.4. The molecule has 138 valence electrons. The van der Waals surface area contributed by atoms with Gasteiger partial charge in [-0.3, -0.25) is 0 Å². The van der Waals surface area contributed by atoms with Crippen LogP contribution in [0, 0.1) is 6.92 Å². The molecule has 0 amide bonds. The van der Waals surface area contributed by atoms with Crippen molar-refractivity contribution in [2.24, 2.45) is 7.05 Å². The largest absolute Gasteiger partial charge is 0.491 e. The van der Waals surface area contributed by atoms with Gasteiger partial charge in [-0.15, -0.1) is 0 Å². The first-order chi connectivity index (χ1) is 11.7. The lowest BCUT2D eigenvalue weighted by molar-refractivity contribution is -0.137. The molecule has 2 aromatic heterocycles. The van der Waals surface area contributed by atoms with Gasteiger partial charge in [-0.2, -0.15) is 23.3 Å². The van der Waals surface area contributed by atoms with E-state index in [1.165, 1.54) is 37.5 Å². The summed E-state index contributed by atoms with van der Waals surface area (Å²) in [5.41, 5.74) is 4.84. The van der Waals surface area contributed by atoms with Gasteiger partial charge in [0.25, 0.3) is 0 Å². The number of nitrogens with zero attached hydrogens (tertiary/aromatic N) is 4. The van der Waals surface area contributed by atoms with Crippen molar-refractivity contribution in [2.75, 3.05) is 18.2 Å². The Kier molecular flexibility index (Phi) is 5.70. The molecule has 1 aliphatic carbocycles. The van der Waals surface area contributed by atoms with E-state index in [-0.39, 0.29) is 5.95 Å². The predicted octanol–water partition coefficient (Wildman–Crippen LogP) is 3.43. The van der Waals surface area contributed by atoms with E-state index in [9.17, 15) is 13.2 Å². The summed E-state index contributed by atoms with van der Waals surface area (Å²) in [4.78, 5) is 7.21. The van der Waals surface area contributed by atoms with Gasteiger partial charge < -0.3 is 15.8 Å². The average Bonchev–Trinajstić information content (AvgIpc) is 2.69. The molecule has 0 unspecified atom stereocenters. The fourth-order valence-electron chi connectivity index (χ4n) is 2.05. The van der Waals surface area contributed by atoms with E-state index in [0.29, 0.717) is 23.5 Å². The molecule has 0 radical (unpaired) electrons. The molecule has 0 saturated heterocycles. The van der Waals surface area contributed by atoms with Crippen molar-refractivity contribution in [3.63, 3.8) is 0 Å². The van der Waals surface area contributed by atoms with E-state index < -0.39 is 17.6 Å².